The van der Waals surface area contributed by atoms with Gasteiger partial charge in [-0.1, -0.05) is 5.92 Å². The summed E-state index contributed by atoms with van der Waals surface area (Å²) in [6, 6.07) is 0. The Morgan fingerprint density at radius 1 is 1.75 bits per heavy atom. The fourth-order valence-electron chi connectivity index (χ4n) is 1.01. The van der Waals surface area contributed by atoms with E-state index in [2.05, 4.69) is 11.2 Å². The Bertz CT molecular complexity index is 204. The van der Waals surface area contributed by atoms with Crippen LogP contribution in [-0.4, -0.2) is 48.2 Å². The first-order chi connectivity index (χ1) is 5.74. The van der Waals surface area contributed by atoms with E-state index in [1.54, 1.807) is 4.90 Å². The minimum Gasteiger partial charge on any atom is -0.389 e. The average molecular weight is 168 g/mol. The number of hydrogen-bond donors (Lipinski definition) is 2. The van der Waals surface area contributed by atoms with Gasteiger partial charge in [0.1, 0.15) is 0 Å². The standard InChI is InChI=1S/C8H12N2O2/c1-2-3-9-4-8(12)10-5-7(11)6-10/h1,7,9,11H,3-6H2. The molecule has 66 valence electrons. The Kier molecular flexibility index (Phi) is 3.09. The van der Waals surface area contributed by atoms with Gasteiger partial charge in [-0.15, -0.1) is 6.42 Å². The molecule has 0 bridgehead atoms. The lowest BCUT2D eigenvalue weighted by atomic mass is 10.2. The van der Waals surface area contributed by atoms with E-state index >= 15 is 0 Å². The number of nitrogens with zero attached hydrogens (tertiary/aromatic N) is 1. The van der Waals surface area contributed by atoms with Gasteiger partial charge in [-0.2, -0.15) is 0 Å². The Balaban J connectivity index is 2.09. The number of likely N-dealkylation sites (tertiary alicyclic amines) is 1. The van der Waals surface area contributed by atoms with E-state index in [1.807, 2.05) is 0 Å². The first-order valence-electron chi connectivity index (χ1n) is 3.84. The maximum atomic E-state index is 11.1. The number of terminal acetylenes is 1. The fourth-order valence-corrected chi connectivity index (χ4v) is 1.01. The second kappa shape index (κ2) is 4.10. The molecule has 2 N–H and O–H groups in total. The van der Waals surface area contributed by atoms with Crippen LogP contribution in [0.4, 0.5) is 0 Å². The summed E-state index contributed by atoms with van der Waals surface area (Å²) in [4.78, 5) is 12.7. The van der Waals surface area contributed by atoms with Crippen LogP contribution < -0.4 is 5.32 Å². The molecule has 0 aromatic carbocycles. The van der Waals surface area contributed by atoms with E-state index in [0.717, 1.165) is 0 Å². The molecule has 1 amide bonds. The highest BCUT2D eigenvalue weighted by atomic mass is 16.3. The summed E-state index contributed by atoms with van der Waals surface area (Å²) in [5, 5.41) is 11.7. The lowest BCUT2D eigenvalue weighted by molar-refractivity contribution is -0.140. The molecule has 4 heteroatoms. The van der Waals surface area contributed by atoms with Gasteiger partial charge in [-0.3, -0.25) is 10.1 Å². The molecule has 0 unspecified atom stereocenters. The molecule has 1 saturated heterocycles. The molecule has 4 nitrogen and oxygen atoms in total. The van der Waals surface area contributed by atoms with E-state index in [1.165, 1.54) is 0 Å². The second-order valence-electron chi connectivity index (χ2n) is 2.76. The maximum Gasteiger partial charge on any atom is 0.236 e. The van der Waals surface area contributed by atoms with E-state index in [9.17, 15) is 4.79 Å². The number of hydrogen-bond acceptors (Lipinski definition) is 3. The van der Waals surface area contributed by atoms with Crippen LogP contribution in [0.1, 0.15) is 0 Å². The van der Waals surface area contributed by atoms with Gasteiger partial charge in [0.15, 0.2) is 0 Å². The molecule has 0 spiro atoms. The first kappa shape index (κ1) is 9.04. The minimum absolute atomic E-state index is 0.00412. The van der Waals surface area contributed by atoms with Crippen molar-refractivity contribution in [2.75, 3.05) is 26.2 Å². The van der Waals surface area contributed by atoms with E-state index in [4.69, 9.17) is 11.5 Å². The number of rotatable bonds is 3. The molecule has 0 saturated carbocycles. The predicted molar refractivity (Wildman–Crippen MR) is 44.3 cm³/mol. The van der Waals surface area contributed by atoms with Gasteiger partial charge in [0.2, 0.25) is 5.91 Å². The average Bonchev–Trinajstić information content (AvgIpc) is 1.99. The summed E-state index contributed by atoms with van der Waals surface area (Å²) in [5.41, 5.74) is 0. The fraction of sp³-hybridized carbons (Fsp3) is 0.625. The van der Waals surface area contributed by atoms with Crippen molar-refractivity contribution in [3.8, 4) is 12.3 Å². The molecule has 0 aromatic heterocycles. The first-order valence-corrected chi connectivity index (χ1v) is 3.84. The summed E-state index contributed by atoms with van der Waals surface area (Å²) in [7, 11) is 0. The number of aliphatic hydroxyl groups excluding tert-OH is 1. The van der Waals surface area contributed by atoms with E-state index in [0.29, 0.717) is 19.6 Å². The topological polar surface area (TPSA) is 52.6 Å². The Hall–Kier alpha value is -1.05. The Labute approximate surface area is 71.6 Å². The largest absolute Gasteiger partial charge is 0.389 e. The highest BCUT2D eigenvalue weighted by Gasteiger charge is 2.27. The van der Waals surface area contributed by atoms with Gasteiger partial charge < -0.3 is 10.0 Å². The van der Waals surface area contributed by atoms with Crippen molar-refractivity contribution in [1.29, 1.82) is 0 Å². The lowest BCUT2D eigenvalue weighted by Gasteiger charge is -2.35. The molecule has 12 heavy (non-hydrogen) atoms. The van der Waals surface area contributed by atoms with Crippen molar-refractivity contribution in [2.45, 2.75) is 6.10 Å². The van der Waals surface area contributed by atoms with E-state index in [-0.39, 0.29) is 18.6 Å². The molecular formula is C8H12N2O2. The van der Waals surface area contributed by atoms with Crippen LogP contribution in [0, 0.1) is 12.3 Å². The van der Waals surface area contributed by atoms with Crippen LogP contribution in [0.15, 0.2) is 0 Å². The zero-order chi connectivity index (χ0) is 8.97. The number of aliphatic hydroxyl groups is 1. The quantitative estimate of drug-likeness (QED) is 0.395. The van der Waals surface area contributed by atoms with Gasteiger partial charge in [-0.25, -0.2) is 0 Å². The summed E-state index contributed by atoms with van der Waals surface area (Å²) in [6.45, 7) is 1.58. The molecule has 0 aliphatic carbocycles. The minimum atomic E-state index is -0.332. The third kappa shape index (κ3) is 2.22. The summed E-state index contributed by atoms with van der Waals surface area (Å²) in [6.07, 6.45) is 4.65. The van der Waals surface area contributed by atoms with Crippen molar-refractivity contribution in [3.05, 3.63) is 0 Å². The van der Waals surface area contributed by atoms with Gasteiger partial charge in [0.05, 0.1) is 19.2 Å². The molecule has 1 aliphatic heterocycles. The monoisotopic (exact) mass is 168 g/mol. The predicted octanol–water partition coefficient (Wildman–Crippen LogP) is -1.59. The lowest BCUT2D eigenvalue weighted by Crippen LogP contribution is -2.55. The summed E-state index contributed by atoms with van der Waals surface area (Å²) >= 11 is 0. The second-order valence-corrected chi connectivity index (χ2v) is 2.76. The van der Waals surface area contributed by atoms with Crippen LogP contribution in [0.25, 0.3) is 0 Å². The van der Waals surface area contributed by atoms with Crippen molar-refractivity contribution in [3.63, 3.8) is 0 Å². The summed E-state index contributed by atoms with van der Waals surface area (Å²) < 4.78 is 0. The molecule has 0 atom stereocenters. The van der Waals surface area contributed by atoms with E-state index < -0.39 is 0 Å². The third-order valence-corrected chi connectivity index (χ3v) is 1.72. The molecule has 0 radical (unpaired) electrons. The Morgan fingerprint density at radius 2 is 2.42 bits per heavy atom. The van der Waals surface area contributed by atoms with Gasteiger partial charge in [0, 0.05) is 13.1 Å². The Morgan fingerprint density at radius 3 is 2.92 bits per heavy atom. The smallest absolute Gasteiger partial charge is 0.236 e. The number of amides is 1. The van der Waals surface area contributed by atoms with Crippen LogP contribution in [0.2, 0.25) is 0 Å². The van der Waals surface area contributed by atoms with Crippen LogP contribution in [0.5, 0.6) is 0 Å². The number of β-amino-alcohol motifs (C(OH)–C–C–N with tert-alkyl or cyclic N) is 1. The zero-order valence-corrected chi connectivity index (χ0v) is 6.79. The molecule has 1 heterocycles. The molecule has 1 rings (SSSR count). The number of nitrogens with one attached hydrogen (secondary N) is 1. The summed E-state index contributed by atoms with van der Waals surface area (Å²) in [5.74, 6) is 2.37. The highest BCUT2D eigenvalue weighted by Crippen LogP contribution is 2.06. The molecular weight excluding hydrogens is 156 g/mol. The van der Waals surface area contributed by atoms with Gasteiger partial charge in [-0.05, 0) is 0 Å². The SMILES string of the molecule is C#CCNCC(=O)N1CC(O)C1. The van der Waals surface area contributed by atoms with Crippen LogP contribution in [-0.2, 0) is 4.79 Å². The highest BCUT2D eigenvalue weighted by molar-refractivity contribution is 5.79. The van der Waals surface area contributed by atoms with Crippen LogP contribution >= 0.6 is 0 Å². The van der Waals surface area contributed by atoms with Crippen molar-refractivity contribution < 1.29 is 9.90 Å². The molecule has 0 aromatic rings. The molecule has 1 fully saturated rings. The van der Waals surface area contributed by atoms with Gasteiger partial charge >= 0.3 is 0 Å². The normalized spacial score (nSPS) is 16.8. The maximum absolute atomic E-state index is 11.1. The van der Waals surface area contributed by atoms with Crippen molar-refractivity contribution in [2.24, 2.45) is 0 Å². The molecule has 1 aliphatic rings. The van der Waals surface area contributed by atoms with Crippen LogP contribution in [0.3, 0.4) is 0 Å². The number of carbonyl (C=O) groups is 1. The van der Waals surface area contributed by atoms with Crippen molar-refractivity contribution >= 4 is 5.91 Å². The van der Waals surface area contributed by atoms with Gasteiger partial charge in [0.25, 0.3) is 0 Å². The zero-order valence-electron chi connectivity index (χ0n) is 6.79. The third-order valence-electron chi connectivity index (χ3n) is 1.72. The number of carbonyl (C=O) groups excluding carboxylic acids is 1. The van der Waals surface area contributed by atoms with Crippen molar-refractivity contribution in [1.82, 2.24) is 10.2 Å².